The van der Waals surface area contributed by atoms with Gasteiger partial charge < -0.3 is 13.7 Å². The molecule has 0 bridgehead atoms. The molecule has 21 heavy (non-hydrogen) atoms. The van der Waals surface area contributed by atoms with Crippen LogP contribution in [-0.4, -0.2) is 39.1 Å². The average molecular weight is 310 g/mol. The molecule has 0 aliphatic rings. The Morgan fingerprint density at radius 1 is 1.52 bits per heavy atom. The molecule has 0 aromatic carbocycles. The molecule has 8 nitrogen and oxygen atoms in total. The predicted octanol–water partition coefficient (Wildman–Crippen LogP) is 1.28. The normalized spacial score (nSPS) is 10.3. The van der Waals surface area contributed by atoms with Crippen LogP contribution in [0.25, 0.3) is 0 Å². The lowest BCUT2D eigenvalue weighted by molar-refractivity contribution is -0.117. The summed E-state index contributed by atoms with van der Waals surface area (Å²) in [4.78, 5) is 22.6. The Kier molecular flexibility index (Phi) is 5.38. The van der Waals surface area contributed by atoms with Crippen molar-refractivity contribution < 1.29 is 18.7 Å². The number of furan rings is 1. The fourth-order valence-corrected chi connectivity index (χ4v) is 2.20. The molecule has 2 rings (SSSR count). The fraction of sp³-hybridized carbons (Fsp3) is 0.333. The number of ether oxygens (including phenoxy) is 1. The van der Waals surface area contributed by atoms with Gasteiger partial charge >= 0.3 is 6.09 Å². The summed E-state index contributed by atoms with van der Waals surface area (Å²) < 4.78 is 11.6. The highest BCUT2D eigenvalue weighted by Crippen LogP contribution is 2.16. The zero-order valence-electron chi connectivity index (χ0n) is 11.3. The van der Waals surface area contributed by atoms with Gasteiger partial charge in [-0.25, -0.2) is 4.79 Å². The average Bonchev–Trinajstić information content (AvgIpc) is 3.09. The molecule has 0 saturated heterocycles. The molecule has 2 amide bonds. The fourth-order valence-electron chi connectivity index (χ4n) is 1.48. The first kappa shape index (κ1) is 15.1. The lowest BCUT2D eigenvalue weighted by Gasteiger charge is -2.05. The van der Waals surface area contributed by atoms with Crippen molar-refractivity contribution in [1.82, 2.24) is 20.1 Å². The number of carbonyl (C=O) groups excluding carboxylic acids is 2. The Hall–Kier alpha value is -2.29. The number of nitrogens with one attached hydrogen (secondary N) is 1. The number of aromatic nitrogens is 3. The number of thioether (sulfide) groups is 1. The third kappa shape index (κ3) is 4.63. The number of amides is 2. The highest BCUT2D eigenvalue weighted by molar-refractivity contribution is 7.99. The van der Waals surface area contributed by atoms with E-state index in [1.807, 2.05) is 6.07 Å². The van der Waals surface area contributed by atoms with Crippen LogP contribution in [0.15, 0.2) is 34.3 Å². The predicted molar refractivity (Wildman–Crippen MR) is 73.7 cm³/mol. The molecule has 0 aliphatic heterocycles. The molecule has 0 aliphatic carbocycles. The van der Waals surface area contributed by atoms with Crippen molar-refractivity contribution in [2.24, 2.45) is 0 Å². The summed E-state index contributed by atoms with van der Waals surface area (Å²) in [6.07, 6.45) is 2.38. The lowest BCUT2D eigenvalue weighted by Crippen LogP contribution is -2.32. The van der Waals surface area contributed by atoms with Gasteiger partial charge in [-0.05, 0) is 19.1 Å². The van der Waals surface area contributed by atoms with Crippen molar-refractivity contribution in [2.75, 3.05) is 12.4 Å². The first-order chi connectivity index (χ1) is 10.2. The molecular formula is C12H14N4O4S. The van der Waals surface area contributed by atoms with Gasteiger partial charge in [0.2, 0.25) is 5.91 Å². The largest absolute Gasteiger partial charge is 0.467 e. The van der Waals surface area contributed by atoms with E-state index in [-0.39, 0.29) is 12.4 Å². The summed E-state index contributed by atoms with van der Waals surface area (Å²) in [5.41, 5.74) is 0. The second kappa shape index (κ2) is 7.48. The van der Waals surface area contributed by atoms with Crippen molar-refractivity contribution in [2.45, 2.75) is 18.6 Å². The van der Waals surface area contributed by atoms with Crippen LogP contribution in [0.2, 0.25) is 0 Å². The van der Waals surface area contributed by atoms with Crippen LogP contribution in [0.3, 0.4) is 0 Å². The van der Waals surface area contributed by atoms with Gasteiger partial charge in [0, 0.05) is 0 Å². The number of alkyl carbamates (subject to hydrolysis) is 1. The van der Waals surface area contributed by atoms with Crippen molar-refractivity contribution in [1.29, 1.82) is 0 Å². The van der Waals surface area contributed by atoms with Crippen LogP contribution in [-0.2, 0) is 16.1 Å². The summed E-state index contributed by atoms with van der Waals surface area (Å²) in [5, 5.41) is 10.4. The van der Waals surface area contributed by atoms with Gasteiger partial charge in [0.25, 0.3) is 0 Å². The number of hydrogen-bond donors (Lipinski definition) is 1. The Labute approximate surface area is 124 Å². The summed E-state index contributed by atoms with van der Waals surface area (Å²) in [5.74, 6) is 0.342. The minimum absolute atomic E-state index is 0.0374. The molecule has 0 atom stereocenters. The smallest absolute Gasteiger partial charge is 0.413 e. The van der Waals surface area contributed by atoms with E-state index in [4.69, 9.17) is 4.42 Å². The van der Waals surface area contributed by atoms with Crippen molar-refractivity contribution >= 4 is 23.8 Å². The van der Waals surface area contributed by atoms with Gasteiger partial charge in [-0.2, -0.15) is 0 Å². The zero-order chi connectivity index (χ0) is 15.1. The van der Waals surface area contributed by atoms with Gasteiger partial charge in [0.05, 0.1) is 25.2 Å². The van der Waals surface area contributed by atoms with Gasteiger partial charge in [-0.15, -0.1) is 10.2 Å². The topological polar surface area (TPSA) is 99.2 Å². The molecule has 0 unspecified atom stereocenters. The molecule has 9 heteroatoms. The summed E-state index contributed by atoms with van der Waals surface area (Å²) in [6, 6.07) is 3.63. The van der Waals surface area contributed by atoms with Gasteiger partial charge in [0.1, 0.15) is 12.1 Å². The summed E-state index contributed by atoms with van der Waals surface area (Å²) >= 11 is 1.17. The van der Waals surface area contributed by atoms with Gasteiger partial charge in [-0.1, -0.05) is 11.8 Å². The Morgan fingerprint density at radius 2 is 2.38 bits per heavy atom. The molecule has 2 heterocycles. The van der Waals surface area contributed by atoms with E-state index in [1.165, 1.54) is 11.8 Å². The van der Waals surface area contributed by atoms with Crippen LogP contribution in [0, 0.1) is 0 Å². The van der Waals surface area contributed by atoms with Crippen LogP contribution in [0.4, 0.5) is 4.79 Å². The Balaban J connectivity index is 1.85. The highest BCUT2D eigenvalue weighted by Gasteiger charge is 2.12. The maximum atomic E-state index is 11.5. The maximum Gasteiger partial charge on any atom is 0.413 e. The molecule has 112 valence electrons. The van der Waals surface area contributed by atoms with Crippen molar-refractivity contribution in [3.63, 3.8) is 0 Å². The minimum Gasteiger partial charge on any atom is -0.467 e. The zero-order valence-corrected chi connectivity index (χ0v) is 12.1. The van der Waals surface area contributed by atoms with Crippen LogP contribution in [0.5, 0.6) is 0 Å². The van der Waals surface area contributed by atoms with E-state index >= 15 is 0 Å². The molecule has 0 saturated carbocycles. The molecule has 1 N–H and O–H groups in total. The molecule has 0 spiro atoms. The number of imide groups is 1. The number of nitrogens with zero attached hydrogens (tertiary/aromatic N) is 3. The molecule has 0 fully saturated rings. The summed E-state index contributed by atoms with van der Waals surface area (Å²) in [6.45, 7) is 2.35. The number of hydrogen-bond acceptors (Lipinski definition) is 7. The van der Waals surface area contributed by atoms with E-state index < -0.39 is 12.0 Å². The van der Waals surface area contributed by atoms with E-state index in [0.717, 1.165) is 5.76 Å². The summed E-state index contributed by atoms with van der Waals surface area (Å²) in [7, 11) is 0. The second-order valence-corrected chi connectivity index (χ2v) is 4.82. The maximum absolute atomic E-state index is 11.5. The van der Waals surface area contributed by atoms with E-state index in [0.29, 0.717) is 11.7 Å². The van der Waals surface area contributed by atoms with Gasteiger partial charge in [-0.3, -0.25) is 10.1 Å². The van der Waals surface area contributed by atoms with E-state index in [2.05, 4.69) is 20.3 Å². The molecular weight excluding hydrogens is 296 g/mol. The van der Waals surface area contributed by atoms with Gasteiger partial charge in [0.15, 0.2) is 5.16 Å². The second-order valence-electron chi connectivity index (χ2n) is 3.88. The Morgan fingerprint density at radius 3 is 3.10 bits per heavy atom. The molecule has 2 aromatic rings. The first-order valence-corrected chi connectivity index (χ1v) is 7.17. The Bertz CT molecular complexity index is 596. The first-order valence-electron chi connectivity index (χ1n) is 6.18. The molecule has 2 aromatic heterocycles. The highest BCUT2D eigenvalue weighted by atomic mass is 32.2. The van der Waals surface area contributed by atoms with Crippen LogP contribution >= 0.6 is 11.8 Å². The molecule has 0 radical (unpaired) electrons. The van der Waals surface area contributed by atoms with Crippen molar-refractivity contribution in [3.05, 3.63) is 30.5 Å². The third-order valence-electron chi connectivity index (χ3n) is 2.34. The van der Waals surface area contributed by atoms with Crippen LogP contribution < -0.4 is 5.32 Å². The van der Waals surface area contributed by atoms with E-state index in [1.54, 1.807) is 30.1 Å². The van der Waals surface area contributed by atoms with E-state index in [9.17, 15) is 9.59 Å². The van der Waals surface area contributed by atoms with Crippen molar-refractivity contribution in [3.8, 4) is 0 Å². The third-order valence-corrected chi connectivity index (χ3v) is 3.32. The monoisotopic (exact) mass is 310 g/mol. The minimum atomic E-state index is -0.750. The SMILES string of the molecule is CCOC(=O)NC(=O)CSc1nncn1Cc1ccco1. The lowest BCUT2D eigenvalue weighted by atomic mass is 10.4. The standard InChI is InChI=1S/C12H14N4O4S/c1-2-19-12(18)14-10(17)7-21-11-15-13-8-16(11)6-9-4-3-5-20-9/h3-5,8H,2,6-7H2,1H3,(H,14,17,18). The quantitative estimate of drug-likeness (QED) is 0.802. The van der Waals surface area contributed by atoms with Crippen LogP contribution in [0.1, 0.15) is 12.7 Å². The number of rotatable bonds is 6. The number of carbonyl (C=O) groups is 2.